The lowest BCUT2D eigenvalue weighted by atomic mass is 9.88. The van der Waals surface area contributed by atoms with Gasteiger partial charge in [0.15, 0.2) is 4.96 Å². The van der Waals surface area contributed by atoms with Crippen LogP contribution in [0.2, 0.25) is 0 Å². The van der Waals surface area contributed by atoms with Crippen LogP contribution in [-0.4, -0.2) is 60.2 Å². The van der Waals surface area contributed by atoms with Gasteiger partial charge in [0.1, 0.15) is 16.0 Å². The van der Waals surface area contributed by atoms with Crippen LogP contribution in [0.1, 0.15) is 37.2 Å². The molecule has 3 aromatic rings. The number of likely N-dealkylation sites (tertiary alicyclic amines) is 1. The highest BCUT2D eigenvalue weighted by Gasteiger charge is 2.27. The van der Waals surface area contributed by atoms with E-state index in [1.807, 2.05) is 5.38 Å². The molecule has 2 aliphatic rings. The number of hydrogen-bond acceptors (Lipinski definition) is 7. The predicted octanol–water partition coefficient (Wildman–Crippen LogP) is 4.19. The predicted molar refractivity (Wildman–Crippen MR) is 141 cm³/mol. The van der Waals surface area contributed by atoms with Crippen LogP contribution in [0.4, 0.5) is 5.82 Å². The molecular formula is C25H32BrN5O2S. The van der Waals surface area contributed by atoms with Gasteiger partial charge in [0, 0.05) is 30.7 Å². The van der Waals surface area contributed by atoms with E-state index in [0.29, 0.717) is 21.2 Å². The number of nitrogens with zero attached hydrogens (tertiary/aromatic N) is 3. The zero-order valence-electron chi connectivity index (χ0n) is 19.5. The second kappa shape index (κ2) is 10.8. The first-order valence-electron chi connectivity index (χ1n) is 12.1. The lowest BCUT2D eigenvalue weighted by molar-refractivity contribution is 0.235. The van der Waals surface area contributed by atoms with Crippen molar-refractivity contribution >= 4 is 38.0 Å². The first-order valence-corrected chi connectivity index (χ1v) is 13.8. The highest BCUT2D eigenvalue weighted by molar-refractivity contribution is 9.10. The first kappa shape index (κ1) is 23.8. The van der Waals surface area contributed by atoms with Crippen LogP contribution in [0.15, 0.2) is 45.1 Å². The van der Waals surface area contributed by atoms with Crippen molar-refractivity contribution in [3.05, 3.63) is 56.2 Å². The molecule has 4 heterocycles. The molecule has 2 fully saturated rings. The second-order valence-corrected chi connectivity index (χ2v) is 11.2. The van der Waals surface area contributed by atoms with Crippen LogP contribution >= 0.6 is 27.3 Å². The van der Waals surface area contributed by atoms with E-state index in [-0.39, 0.29) is 11.6 Å². The Morgan fingerprint density at radius 3 is 2.82 bits per heavy atom. The summed E-state index contributed by atoms with van der Waals surface area (Å²) in [6.07, 6.45) is 6.39. The van der Waals surface area contributed by atoms with E-state index >= 15 is 0 Å². The summed E-state index contributed by atoms with van der Waals surface area (Å²) >= 11 is 4.92. The quantitative estimate of drug-likeness (QED) is 0.464. The fraction of sp³-hybridized carbons (Fsp3) is 0.520. The summed E-state index contributed by atoms with van der Waals surface area (Å²) in [6, 6.07) is 8.84. The summed E-state index contributed by atoms with van der Waals surface area (Å²) in [5.41, 5.74) is 1.25. The van der Waals surface area contributed by atoms with Gasteiger partial charge in [-0.05, 0) is 91.3 Å². The number of ether oxygens (including phenoxy) is 1. The largest absolute Gasteiger partial charge is 0.494 e. The molecule has 182 valence electrons. The van der Waals surface area contributed by atoms with Crippen molar-refractivity contribution in [2.24, 2.45) is 5.92 Å². The number of halogens is 1. The zero-order chi connectivity index (χ0) is 23.5. The Bertz CT molecular complexity index is 1160. The summed E-state index contributed by atoms with van der Waals surface area (Å²) in [4.78, 5) is 20.3. The van der Waals surface area contributed by atoms with Gasteiger partial charge in [-0.15, -0.1) is 11.3 Å². The molecular weight excluding hydrogens is 514 g/mol. The van der Waals surface area contributed by atoms with Gasteiger partial charge in [0.05, 0.1) is 6.61 Å². The lowest BCUT2D eigenvalue weighted by Gasteiger charge is -2.36. The lowest BCUT2D eigenvalue weighted by Crippen LogP contribution is -2.43. The summed E-state index contributed by atoms with van der Waals surface area (Å²) in [7, 11) is 2.15. The van der Waals surface area contributed by atoms with Gasteiger partial charge in [0.25, 0.3) is 5.56 Å². The van der Waals surface area contributed by atoms with E-state index in [0.717, 1.165) is 57.3 Å². The molecule has 2 N–H and O–H groups in total. The minimum Gasteiger partial charge on any atom is -0.494 e. The fourth-order valence-corrected chi connectivity index (χ4v) is 6.26. The Morgan fingerprint density at radius 2 is 2.03 bits per heavy atom. The highest BCUT2D eigenvalue weighted by Crippen LogP contribution is 2.30. The molecule has 0 bridgehead atoms. The molecule has 0 radical (unpaired) electrons. The minimum atomic E-state index is -0.0785. The average molecular weight is 547 g/mol. The van der Waals surface area contributed by atoms with Crippen LogP contribution in [0.3, 0.4) is 0 Å². The van der Waals surface area contributed by atoms with Crippen LogP contribution in [0, 0.1) is 5.92 Å². The molecule has 9 heteroatoms. The maximum atomic E-state index is 12.6. The molecule has 2 atom stereocenters. The van der Waals surface area contributed by atoms with Gasteiger partial charge in [-0.1, -0.05) is 12.1 Å². The summed E-state index contributed by atoms with van der Waals surface area (Å²) < 4.78 is 8.10. The third kappa shape index (κ3) is 5.48. The van der Waals surface area contributed by atoms with Crippen LogP contribution in [-0.2, 0) is 0 Å². The smallest absolute Gasteiger partial charge is 0.275 e. The molecule has 1 aromatic carbocycles. The summed E-state index contributed by atoms with van der Waals surface area (Å²) in [6.45, 7) is 4.98. The standard InChI is InChI=1S/C25H32BrN5O2S/c1-30-15-19(18-2-4-21(5-3-18)33-12-8-17-6-9-27-10-7-17)14-20(16-30)28-23-22(26)24(32)31-11-13-34-25(31)29-23/h2-5,11,13,17,19-20,27-28H,6-10,12,14-16H2,1H3/t19-,20+/m0/s1. The Kier molecular flexibility index (Phi) is 7.53. The average Bonchev–Trinajstić information content (AvgIpc) is 3.32. The van der Waals surface area contributed by atoms with Crippen molar-refractivity contribution in [2.75, 3.05) is 45.2 Å². The number of aromatic nitrogens is 2. The van der Waals surface area contributed by atoms with E-state index in [1.54, 1.807) is 10.6 Å². The zero-order valence-corrected chi connectivity index (χ0v) is 21.9. The van der Waals surface area contributed by atoms with Crippen LogP contribution in [0.5, 0.6) is 5.75 Å². The molecule has 5 rings (SSSR count). The topological polar surface area (TPSA) is 70.9 Å². The fourth-order valence-electron chi connectivity index (χ4n) is 5.16. The van der Waals surface area contributed by atoms with E-state index in [2.05, 4.69) is 67.8 Å². The van der Waals surface area contributed by atoms with Crippen LogP contribution in [0.25, 0.3) is 4.96 Å². The molecule has 0 amide bonds. The number of hydrogen-bond donors (Lipinski definition) is 2. The van der Waals surface area contributed by atoms with E-state index in [9.17, 15) is 4.79 Å². The molecule has 2 aliphatic heterocycles. The molecule has 7 nitrogen and oxygen atoms in total. The SMILES string of the molecule is CN1C[C@H](Nc2nc3sccn3c(=O)c2Br)C[C@H](c2ccc(OCCC3CCNCC3)cc2)C1. The minimum absolute atomic E-state index is 0.0785. The number of thiazole rings is 1. The van der Waals surface area contributed by atoms with Gasteiger partial charge >= 0.3 is 0 Å². The van der Waals surface area contributed by atoms with Crippen molar-refractivity contribution in [3.8, 4) is 5.75 Å². The number of nitrogens with one attached hydrogen (secondary N) is 2. The maximum absolute atomic E-state index is 12.6. The normalized spacial score (nSPS) is 22.2. The number of likely N-dealkylation sites (N-methyl/N-ethyl adjacent to an activating group) is 1. The maximum Gasteiger partial charge on any atom is 0.275 e. The van der Waals surface area contributed by atoms with Crippen molar-refractivity contribution in [1.29, 1.82) is 0 Å². The Hall–Kier alpha value is -1.94. The Labute approximate surface area is 212 Å². The number of piperidine rings is 2. The number of anilines is 1. The molecule has 0 unspecified atom stereocenters. The van der Waals surface area contributed by atoms with Crippen molar-refractivity contribution in [2.45, 2.75) is 37.6 Å². The molecule has 34 heavy (non-hydrogen) atoms. The molecule has 0 spiro atoms. The monoisotopic (exact) mass is 545 g/mol. The van der Waals surface area contributed by atoms with E-state index in [4.69, 9.17) is 4.74 Å². The molecule has 0 aliphatic carbocycles. The van der Waals surface area contributed by atoms with Gasteiger partial charge in [-0.2, -0.15) is 0 Å². The van der Waals surface area contributed by atoms with Crippen molar-refractivity contribution in [3.63, 3.8) is 0 Å². The summed E-state index contributed by atoms with van der Waals surface area (Å²) in [5.74, 6) is 2.78. The Morgan fingerprint density at radius 1 is 1.24 bits per heavy atom. The van der Waals surface area contributed by atoms with Crippen molar-refractivity contribution < 1.29 is 4.74 Å². The van der Waals surface area contributed by atoms with Crippen molar-refractivity contribution in [1.82, 2.24) is 19.6 Å². The third-order valence-electron chi connectivity index (χ3n) is 6.99. The first-order chi connectivity index (χ1) is 16.6. The Balaban J connectivity index is 1.20. The molecule has 2 saturated heterocycles. The van der Waals surface area contributed by atoms with Gasteiger partial charge < -0.3 is 20.3 Å². The number of rotatable bonds is 7. The number of benzene rings is 1. The number of fused-ring (bicyclic) bond motifs is 1. The molecule has 0 saturated carbocycles. The molecule has 2 aromatic heterocycles. The second-order valence-electron chi connectivity index (χ2n) is 9.53. The third-order valence-corrected chi connectivity index (χ3v) is 8.46. The summed E-state index contributed by atoms with van der Waals surface area (Å²) in [5, 5.41) is 8.84. The van der Waals surface area contributed by atoms with E-state index < -0.39 is 0 Å². The van der Waals surface area contributed by atoms with Crippen LogP contribution < -0.4 is 20.9 Å². The van der Waals surface area contributed by atoms with Gasteiger partial charge in [0.2, 0.25) is 0 Å². The van der Waals surface area contributed by atoms with E-state index in [1.165, 1.54) is 29.7 Å². The van der Waals surface area contributed by atoms with Gasteiger partial charge in [-0.25, -0.2) is 4.98 Å². The highest BCUT2D eigenvalue weighted by atomic mass is 79.9. The van der Waals surface area contributed by atoms with Gasteiger partial charge in [-0.3, -0.25) is 9.20 Å².